The molecule has 602 valence electrons. The van der Waals surface area contributed by atoms with E-state index in [1.807, 2.05) is 6.08 Å². The summed E-state index contributed by atoms with van der Waals surface area (Å²) in [7, 11) is 4.11. The monoisotopic (exact) mass is 1500 g/mol. The molecular weight excluding hydrogens is 1370 g/mol. The number of rotatable bonds is 52. The molecule has 22 heteroatoms. The number of benzene rings is 2. The van der Waals surface area contributed by atoms with Crippen LogP contribution in [0.1, 0.15) is 247 Å². The van der Waals surface area contributed by atoms with Gasteiger partial charge < -0.3 is 78.1 Å². The molecule has 0 spiro atoms. The highest BCUT2D eigenvalue weighted by Crippen LogP contribution is 2.35. The Morgan fingerprint density at radius 3 is 1.16 bits per heavy atom. The molecule has 2 fully saturated rings. The van der Waals surface area contributed by atoms with Gasteiger partial charge in [0.1, 0.15) is 48.0 Å². The van der Waals surface area contributed by atoms with Gasteiger partial charge in [-0.1, -0.05) is 151 Å². The normalized spacial score (nSPS) is 16.2. The van der Waals surface area contributed by atoms with Gasteiger partial charge in [-0.3, -0.25) is 9.59 Å². The van der Waals surface area contributed by atoms with Crippen molar-refractivity contribution in [1.82, 2.24) is 10.6 Å². The molecule has 2 aromatic rings. The maximum Gasteiger partial charge on any atom is 0.339 e. The number of unbranched alkanes of at least 4 members (excludes halogenated alkanes) is 16. The van der Waals surface area contributed by atoms with Crippen LogP contribution in [0.4, 0.5) is 0 Å². The van der Waals surface area contributed by atoms with Crippen LogP contribution in [0.3, 0.4) is 0 Å². The lowest BCUT2D eigenvalue weighted by molar-refractivity contribution is -0.185. The summed E-state index contributed by atoms with van der Waals surface area (Å²) < 4.78 is 62.0. The maximum absolute atomic E-state index is 14.1. The fourth-order valence-electron chi connectivity index (χ4n) is 12.6. The number of carbonyl (C=O) groups excluding carboxylic acids is 5. The number of aliphatic carboxylic acids is 1. The Hall–Kier alpha value is -6.86. The zero-order valence-electron chi connectivity index (χ0n) is 67.0. The molecule has 2 aliphatic rings. The summed E-state index contributed by atoms with van der Waals surface area (Å²) in [6.07, 6.45) is 30.6. The largest absolute Gasteiger partial charge is 0.481 e. The molecule has 0 saturated carbocycles. The van der Waals surface area contributed by atoms with Crippen LogP contribution in [0.2, 0.25) is 0 Å². The summed E-state index contributed by atoms with van der Waals surface area (Å²) in [5.41, 5.74) is -5.11. The molecule has 2 heterocycles. The van der Waals surface area contributed by atoms with Crippen LogP contribution in [-0.4, -0.2) is 171 Å². The fourth-order valence-corrected chi connectivity index (χ4v) is 12.6. The van der Waals surface area contributed by atoms with E-state index < -0.39 is 93.6 Å². The molecule has 2 aromatic carbocycles. The van der Waals surface area contributed by atoms with E-state index in [1.54, 1.807) is 116 Å². The van der Waals surface area contributed by atoms with Crippen LogP contribution < -0.4 is 20.1 Å². The molecule has 2 aliphatic heterocycles. The van der Waals surface area contributed by atoms with Crippen molar-refractivity contribution in [2.75, 3.05) is 74.2 Å². The number of esters is 3. The lowest BCUT2D eigenvalue weighted by Crippen LogP contribution is -2.56. The molecule has 0 bridgehead atoms. The molecule has 0 radical (unpaired) electrons. The van der Waals surface area contributed by atoms with E-state index in [0.29, 0.717) is 56.3 Å². The molecule has 2 amide bonds. The van der Waals surface area contributed by atoms with Gasteiger partial charge in [0.15, 0.2) is 22.8 Å². The van der Waals surface area contributed by atoms with Crippen LogP contribution >= 0.6 is 0 Å². The van der Waals surface area contributed by atoms with E-state index in [-0.39, 0.29) is 52.1 Å². The summed E-state index contributed by atoms with van der Waals surface area (Å²) in [6.45, 7) is 20.9. The minimum absolute atomic E-state index is 0.0142. The number of allylic oxidation sites excluding steroid dienone is 2. The number of hydrogen-bond donors (Lipinski definition) is 5. The number of ether oxygens (including phenoxy) is 11. The molecule has 5 N–H and O–H groups in total. The van der Waals surface area contributed by atoms with Gasteiger partial charge in [0.05, 0.1) is 45.4 Å². The van der Waals surface area contributed by atoms with Crippen molar-refractivity contribution in [2.45, 2.75) is 295 Å². The number of hydrogen-bond acceptors (Lipinski definition) is 19. The average Bonchev–Trinajstić information content (AvgIpc) is 1.57. The van der Waals surface area contributed by atoms with Gasteiger partial charge in [0, 0.05) is 78.8 Å². The third kappa shape index (κ3) is 36.9. The van der Waals surface area contributed by atoms with Crippen molar-refractivity contribution >= 4 is 35.7 Å². The second kappa shape index (κ2) is 51.5. The van der Waals surface area contributed by atoms with Crippen LogP contribution in [0, 0.1) is 35.5 Å². The van der Waals surface area contributed by atoms with Gasteiger partial charge in [-0.25, -0.2) is 19.2 Å². The van der Waals surface area contributed by atoms with E-state index in [1.165, 1.54) is 78.8 Å². The quantitative estimate of drug-likeness (QED) is 0.0135. The molecule has 0 aromatic heterocycles. The van der Waals surface area contributed by atoms with Crippen LogP contribution in [0.25, 0.3) is 0 Å². The van der Waals surface area contributed by atoms with Gasteiger partial charge in [-0.2, -0.15) is 0 Å². The number of aliphatic hydroxyl groups is 2. The van der Waals surface area contributed by atoms with Crippen molar-refractivity contribution in [3.63, 3.8) is 0 Å². The summed E-state index contributed by atoms with van der Waals surface area (Å²) in [6, 6.07) is 11.5. The Bertz CT molecular complexity index is 3070. The molecule has 2 saturated heterocycles. The number of carboxylic acids is 1. The lowest BCUT2D eigenvalue weighted by atomic mass is 9.82. The Morgan fingerprint density at radius 1 is 0.505 bits per heavy atom. The van der Waals surface area contributed by atoms with Crippen molar-refractivity contribution in [3.05, 3.63) is 84.0 Å². The number of nitrogens with one attached hydrogen (secondary N) is 2. The molecule has 0 unspecified atom stereocenters. The molecule has 0 aliphatic carbocycles. The highest BCUT2D eigenvalue weighted by Gasteiger charge is 2.51. The second-order valence-electron chi connectivity index (χ2n) is 29.7. The Labute approximate surface area is 639 Å². The number of carbonyl (C=O) groups is 6. The first-order valence-electron chi connectivity index (χ1n) is 39.0. The standard InChI is InChI=1S/C43H67NO10.C42H65NO10/c1-8-10-12-16-19-26-42(52-31-32-53-42)27-20-17-14-13-15-18-21-36(43(48,28-30-49-6)40(47)54-41(3,4)5)38(45)44-37(39(46)50-7)33-34-22-24-35(25-23-34)51-29-11-9-2;1-7-9-11-15-18-25-41(51-30-31-52-41)26-19-16-13-12-14-17-20-35(42(48,27-29-49-6)39(47)53-40(3,4)5)37(44)43-36(38(45)46)32-33-21-23-34(24-22-33)50-28-10-8-2/h18,21-25,36-37,48H,8,10,12-17,19-20,26-33H2,1-7H3,(H,44,45);17,20-24,35-36,48H,7,9,11-16,18-19,25-32H2,1-6H3,(H,43,44)(H,45,46)/b21-18+;20-17+/t36-,37+,43+;35-,36+,42+/m11/s1. The van der Waals surface area contributed by atoms with Crippen molar-refractivity contribution < 1.29 is 96.2 Å². The summed E-state index contributed by atoms with van der Waals surface area (Å²) in [4.78, 5) is 80.5. The highest BCUT2D eigenvalue weighted by atomic mass is 16.7. The predicted octanol–water partition coefficient (Wildman–Crippen LogP) is 13.9. The Balaban J connectivity index is 0.000000555. The molecular formula is C85H132N2O20. The Kier molecular flexibility index (Phi) is 45.4. The van der Waals surface area contributed by atoms with Crippen LogP contribution in [0.15, 0.2) is 72.8 Å². The smallest absolute Gasteiger partial charge is 0.339 e. The highest BCUT2D eigenvalue weighted by molar-refractivity contribution is 5.94. The minimum atomic E-state index is -2.32. The van der Waals surface area contributed by atoms with Crippen LogP contribution in [0.5, 0.6) is 11.5 Å². The van der Waals surface area contributed by atoms with Gasteiger partial charge in [0.2, 0.25) is 11.8 Å². The molecule has 107 heavy (non-hydrogen) atoms. The molecule has 22 nitrogen and oxygen atoms in total. The fraction of sp³-hybridized carbons (Fsp3) is 0.694. The zero-order chi connectivity index (χ0) is 79.0. The first kappa shape index (κ1) is 94.3. The van der Waals surface area contributed by atoms with Gasteiger partial charge >= 0.3 is 23.9 Å². The number of amides is 2. The molecule has 6 atom stereocenters. The summed E-state index contributed by atoms with van der Waals surface area (Å²) >= 11 is 0. The average molecular weight is 1500 g/mol. The molecule has 4 rings (SSSR count). The van der Waals surface area contributed by atoms with E-state index in [4.69, 9.17) is 52.1 Å². The SMILES string of the molecule is CC#CCOc1ccc(C[C@H](NC(=O)[C@@H](/C=C/CCCCCCC2(CCCCCCC)OCCO2)[C@@](O)(CCOC)C(=O)OC(C)(C)C)C(=O)O)cc1.CC#CCOc1ccc(C[C@H](NC(=O)[C@@H](/C=C/CCCCCCC2(CCCCCCC)OCCO2)[C@@](O)(CCOC)C(=O)OC(C)(C)C)C(=O)OC)cc1. The maximum atomic E-state index is 14.1. The van der Waals surface area contributed by atoms with Gasteiger partial charge in [-0.15, -0.1) is 11.8 Å². The Morgan fingerprint density at radius 2 is 0.841 bits per heavy atom. The van der Waals surface area contributed by atoms with E-state index in [0.717, 1.165) is 95.5 Å². The summed E-state index contributed by atoms with van der Waals surface area (Å²) in [5.74, 6) is 3.20. The first-order valence-corrected chi connectivity index (χ1v) is 39.0. The first-order chi connectivity index (χ1) is 51.1. The topological polar surface area (TPSA) is 289 Å². The zero-order valence-corrected chi connectivity index (χ0v) is 67.0. The van der Waals surface area contributed by atoms with Crippen LogP contribution in [-0.2, 0) is 84.2 Å². The van der Waals surface area contributed by atoms with E-state index >= 15 is 0 Å². The second-order valence-corrected chi connectivity index (χ2v) is 29.7. The predicted molar refractivity (Wildman–Crippen MR) is 413 cm³/mol. The van der Waals surface area contributed by atoms with Gasteiger partial charge in [0.25, 0.3) is 0 Å². The van der Waals surface area contributed by atoms with E-state index in [2.05, 4.69) is 48.2 Å². The lowest BCUT2D eigenvalue weighted by Gasteiger charge is -2.35. The number of methoxy groups -OCH3 is 3. The van der Waals surface area contributed by atoms with Gasteiger partial charge in [-0.05, 0) is 142 Å². The summed E-state index contributed by atoms with van der Waals surface area (Å²) in [5, 5.41) is 39.3. The van der Waals surface area contributed by atoms with E-state index in [9.17, 15) is 44.1 Å². The number of carboxylic acid groups (broad SMARTS) is 1. The minimum Gasteiger partial charge on any atom is -0.481 e. The van der Waals surface area contributed by atoms with Crippen molar-refractivity contribution in [2.24, 2.45) is 11.8 Å². The third-order valence-electron chi connectivity index (χ3n) is 18.6. The third-order valence-corrected chi connectivity index (χ3v) is 18.6. The van der Waals surface area contributed by atoms with Crippen molar-refractivity contribution in [3.8, 4) is 35.2 Å². The van der Waals surface area contributed by atoms with Crippen molar-refractivity contribution in [1.29, 1.82) is 0 Å².